The average molecular weight is 232 g/mol. The van der Waals surface area contributed by atoms with Crippen molar-refractivity contribution in [3.05, 3.63) is 0 Å². The molecule has 1 aliphatic carbocycles. The molecule has 9 heteroatoms. The Morgan fingerprint density at radius 3 is 1.38 bits per heavy atom. The molecule has 0 atom stereocenters. The first kappa shape index (κ1) is 11.3. The van der Waals surface area contributed by atoms with Gasteiger partial charge in [0.15, 0.2) is 0 Å². The van der Waals surface area contributed by atoms with Crippen molar-refractivity contribution >= 4 is 15.2 Å². The largest absolute Gasteiger partial charge is 0.369 e. The lowest BCUT2D eigenvalue weighted by molar-refractivity contribution is 0.112. The van der Waals surface area contributed by atoms with Crippen molar-refractivity contribution in [3.63, 3.8) is 0 Å². The van der Waals surface area contributed by atoms with Crippen LogP contribution in [0.25, 0.3) is 0 Å². The van der Waals surface area contributed by atoms with E-state index in [4.69, 9.17) is 19.6 Å². The molecule has 5 N–H and O–H groups in total. The maximum Gasteiger partial charge on any atom is 0.369 e. The summed E-state index contributed by atoms with van der Waals surface area (Å²) < 4.78 is 21.5. The van der Waals surface area contributed by atoms with Gasteiger partial charge in [0.2, 0.25) is 0 Å². The first-order valence-corrected chi connectivity index (χ1v) is 6.67. The van der Waals surface area contributed by atoms with E-state index in [-0.39, 0.29) is 12.8 Å². The molecule has 0 spiro atoms. The van der Waals surface area contributed by atoms with Gasteiger partial charge in [-0.15, -0.1) is 0 Å². The zero-order valence-electron chi connectivity index (χ0n) is 6.44. The van der Waals surface area contributed by atoms with E-state index in [0.717, 1.165) is 0 Å². The molecule has 1 fully saturated rings. The fourth-order valence-electron chi connectivity index (χ4n) is 1.12. The third-order valence-corrected chi connectivity index (χ3v) is 5.99. The first-order valence-electron chi connectivity index (χ1n) is 3.44. The number of hydrogen-bond acceptors (Lipinski definition) is 3. The van der Waals surface area contributed by atoms with E-state index >= 15 is 0 Å². The van der Waals surface area contributed by atoms with E-state index in [1.54, 1.807) is 0 Å². The van der Waals surface area contributed by atoms with Crippen molar-refractivity contribution in [3.8, 4) is 0 Å². The fraction of sp³-hybridized carbons (Fsp3) is 1.00. The van der Waals surface area contributed by atoms with Crippen molar-refractivity contribution in [1.82, 2.24) is 0 Å². The monoisotopic (exact) mass is 232 g/mol. The lowest BCUT2D eigenvalue weighted by atomic mass is 10.5. The average Bonchev–Trinajstić information content (AvgIpc) is 2.60. The molecule has 78 valence electrons. The lowest BCUT2D eigenvalue weighted by Crippen LogP contribution is -2.31. The van der Waals surface area contributed by atoms with Crippen molar-refractivity contribution in [2.75, 3.05) is 0 Å². The van der Waals surface area contributed by atoms with E-state index in [2.05, 4.69) is 0 Å². The summed E-state index contributed by atoms with van der Waals surface area (Å²) in [6.07, 6.45) is 0.430. The van der Waals surface area contributed by atoms with Crippen LogP contribution in [0, 0.1) is 5.92 Å². The molecular formula is C4H10O7P2. The van der Waals surface area contributed by atoms with Crippen LogP contribution in [0.2, 0.25) is 0 Å². The maximum atomic E-state index is 10.7. The summed E-state index contributed by atoms with van der Waals surface area (Å²) in [5, 5.41) is 6.12. The molecule has 0 radical (unpaired) electrons. The lowest BCUT2D eigenvalue weighted by Gasteiger charge is -2.28. The maximum absolute atomic E-state index is 10.7. The topological polar surface area (TPSA) is 135 Å². The first-order chi connectivity index (χ1) is 5.61. The number of aliphatic hydroxyl groups is 1. The molecule has 1 saturated carbocycles. The Morgan fingerprint density at radius 2 is 1.31 bits per heavy atom. The van der Waals surface area contributed by atoms with E-state index in [9.17, 15) is 14.2 Å². The Labute approximate surface area is 73.7 Å². The molecular weight excluding hydrogens is 222 g/mol. The second kappa shape index (κ2) is 2.87. The molecule has 0 bridgehead atoms. The van der Waals surface area contributed by atoms with Gasteiger partial charge in [-0.25, -0.2) is 0 Å². The highest BCUT2D eigenvalue weighted by atomic mass is 31.2. The van der Waals surface area contributed by atoms with Crippen LogP contribution in [0.1, 0.15) is 12.8 Å². The minimum Gasteiger partial charge on any atom is -0.367 e. The zero-order chi connectivity index (χ0) is 10.5. The van der Waals surface area contributed by atoms with Crippen molar-refractivity contribution in [2.24, 2.45) is 5.92 Å². The number of hydrogen-bond donors (Lipinski definition) is 5. The summed E-state index contributed by atoms with van der Waals surface area (Å²) in [6, 6.07) is 0. The zero-order valence-corrected chi connectivity index (χ0v) is 8.23. The molecule has 0 saturated heterocycles. The van der Waals surface area contributed by atoms with Crippen LogP contribution >= 0.6 is 15.2 Å². The van der Waals surface area contributed by atoms with Gasteiger partial charge in [0.1, 0.15) is 0 Å². The van der Waals surface area contributed by atoms with E-state index in [1.807, 2.05) is 0 Å². The summed E-state index contributed by atoms with van der Waals surface area (Å²) >= 11 is 0. The summed E-state index contributed by atoms with van der Waals surface area (Å²) in [6.45, 7) is 0. The van der Waals surface area contributed by atoms with Gasteiger partial charge in [-0.2, -0.15) is 0 Å². The minimum atomic E-state index is -5.21. The van der Waals surface area contributed by atoms with Gasteiger partial charge in [0.25, 0.3) is 5.08 Å². The quantitative estimate of drug-likeness (QED) is 0.410. The van der Waals surface area contributed by atoms with Gasteiger partial charge in [0.05, 0.1) is 0 Å². The molecule has 0 aliphatic heterocycles. The third-order valence-electron chi connectivity index (χ3n) is 1.98. The van der Waals surface area contributed by atoms with Gasteiger partial charge in [-0.3, -0.25) is 9.13 Å². The Morgan fingerprint density at radius 1 is 1.00 bits per heavy atom. The van der Waals surface area contributed by atoms with E-state index in [1.165, 1.54) is 0 Å². The summed E-state index contributed by atoms with van der Waals surface area (Å²) in [7, 11) is -10.4. The van der Waals surface area contributed by atoms with Gasteiger partial charge < -0.3 is 24.7 Å². The molecule has 0 heterocycles. The van der Waals surface area contributed by atoms with Crippen LogP contribution in [0.3, 0.4) is 0 Å². The van der Waals surface area contributed by atoms with Crippen molar-refractivity contribution in [1.29, 1.82) is 0 Å². The second-order valence-corrected chi connectivity index (χ2v) is 6.94. The van der Waals surface area contributed by atoms with Gasteiger partial charge >= 0.3 is 15.2 Å². The van der Waals surface area contributed by atoms with Crippen molar-refractivity contribution < 1.29 is 33.8 Å². The van der Waals surface area contributed by atoms with Crippen LogP contribution in [0.4, 0.5) is 0 Å². The normalized spacial score (nSPS) is 20.4. The third kappa shape index (κ3) is 1.74. The highest BCUT2D eigenvalue weighted by Crippen LogP contribution is 2.74. The van der Waals surface area contributed by atoms with E-state index < -0.39 is 26.2 Å². The molecule has 0 unspecified atom stereocenters. The highest BCUT2D eigenvalue weighted by molar-refractivity contribution is 7.72. The van der Waals surface area contributed by atoms with Crippen molar-refractivity contribution in [2.45, 2.75) is 17.9 Å². The smallest absolute Gasteiger partial charge is 0.367 e. The van der Waals surface area contributed by atoms with Gasteiger partial charge in [-0.05, 0) is 12.8 Å². The summed E-state index contributed by atoms with van der Waals surface area (Å²) in [4.78, 5) is 34.6. The standard InChI is InChI=1S/C4H10O7P2/c5-4(3-1-2-3,12(6,7)8)13(9,10)11/h3,5H,1-2H2,(H2,6,7,8)(H2,9,10,11). The number of rotatable bonds is 3. The summed E-state index contributed by atoms with van der Waals surface area (Å²) in [5.41, 5.74) is 0. The van der Waals surface area contributed by atoms with E-state index in [0.29, 0.717) is 0 Å². The predicted molar refractivity (Wildman–Crippen MR) is 41.8 cm³/mol. The summed E-state index contributed by atoms with van der Waals surface area (Å²) in [5.74, 6) is -1.01. The Balaban J connectivity index is 3.16. The van der Waals surface area contributed by atoms with Gasteiger partial charge in [-0.1, -0.05) is 0 Å². The predicted octanol–water partition coefficient (Wildman–Crippen LogP) is -0.602. The molecule has 0 aromatic rings. The molecule has 0 amide bonds. The Bertz CT molecular complexity index is 274. The highest BCUT2D eigenvalue weighted by Gasteiger charge is 2.67. The minimum absolute atomic E-state index is 0.215. The molecule has 0 aromatic heterocycles. The van der Waals surface area contributed by atoms with Crippen LogP contribution in [0.15, 0.2) is 0 Å². The molecule has 0 aromatic carbocycles. The fourth-order valence-corrected chi connectivity index (χ4v) is 3.94. The molecule has 7 nitrogen and oxygen atoms in total. The van der Waals surface area contributed by atoms with Crippen LogP contribution < -0.4 is 0 Å². The molecule has 1 rings (SSSR count). The second-order valence-electron chi connectivity index (χ2n) is 3.05. The molecule has 13 heavy (non-hydrogen) atoms. The molecule has 1 aliphatic rings. The Kier molecular flexibility index (Phi) is 2.51. The Hall–Kier alpha value is 0.260. The van der Waals surface area contributed by atoms with Crippen LogP contribution in [-0.2, 0) is 9.13 Å². The van der Waals surface area contributed by atoms with Crippen LogP contribution in [-0.4, -0.2) is 29.8 Å². The van der Waals surface area contributed by atoms with Crippen LogP contribution in [0.5, 0.6) is 0 Å². The van der Waals surface area contributed by atoms with Gasteiger partial charge in [0, 0.05) is 5.92 Å². The SMILES string of the molecule is O=P(O)(O)C(O)(C1CC1)P(=O)(O)O.